The van der Waals surface area contributed by atoms with E-state index in [9.17, 15) is 14.3 Å². The molecule has 0 spiro atoms. The summed E-state index contributed by atoms with van der Waals surface area (Å²) in [5.41, 5.74) is 1.50. The van der Waals surface area contributed by atoms with Crippen molar-refractivity contribution < 1.29 is 23.8 Å². The number of β-amino-alcohol motifs (C(OH)–C–C–N with tert-alkyl or cyclic N) is 1. The third-order valence-electron chi connectivity index (χ3n) is 4.93. The third-order valence-corrected chi connectivity index (χ3v) is 4.93. The third kappa shape index (κ3) is 7.27. The van der Waals surface area contributed by atoms with Gasteiger partial charge in [-0.2, -0.15) is 0 Å². The quantitative estimate of drug-likeness (QED) is 0.640. The Balaban J connectivity index is 0.00000341. The van der Waals surface area contributed by atoms with Crippen LogP contribution in [0.5, 0.6) is 11.5 Å². The highest BCUT2D eigenvalue weighted by atomic mass is 35.5. The van der Waals surface area contributed by atoms with Crippen LogP contribution < -0.4 is 19.7 Å². The number of halogens is 2. The lowest BCUT2D eigenvalue weighted by molar-refractivity contribution is -0.114. The van der Waals surface area contributed by atoms with Crippen molar-refractivity contribution in [3.8, 4) is 11.5 Å². The highest BCUT2D eigenvalue weighted by molar-refractivity contribution is 5.89. The first-order valence-corrected chi connectivity index (χ1v) is 9.94. The number of ether oxygens (including phenoxy) is 2. The Morgan fingerprint density at radius 3 is 2.55 bits per heavy atom. The molecule has 0 bridgehead atoms. The van der Waals surface area contributed by atoms with Crippen LogP contribution in [0.1, 0.15) is 6.92 Å². The van der Waals surface area contributed by atoms with Gasteiger partial charge in [-0.15, -0.1) is 12.4 Å². The van der Waals surface area contributed by atoms with Gasteiger partial charge in [0.2, 0.25) is 5.91 Å². The molecule has 0 aromatic heterocycles. The highest BCUT2D eigenvalue weighted by Crippen LogP contribution is 2.30. The van der Waals surface area contributed by atoms with Crippen LogP contribution in [0.4, 0.5) is 15.8 Å². The number of anilines is 2. The zero-order valence-electron chi connectivity index (χ0n) is 17.7. The molecule has 2 aromatic carbocycles. The zero-order valence-corrected chi connectivity index (χ0v) is 18.5. The molecule has 7 nitrogen and oxygen atoms in total. The maximum atomic E-state index is 13.4. The van der Waals surface area contributed by atoms with E-state index in [0.717, 1.165) is 31.9 Å². The summed E-state index contributed by atoms with van der Waals surface area (Å²) in [4.78, 5) is 15.5. The van der Waals surface area contributed by atoms with E-state index in [2.05, 4.69) is 15.1 Å². The molecule has 1 fully saturated rings. The first-order valence-electron chi connectivity index (χ1n) is 9.94. The molecule has 0 saturated carbocycles. The van der Waals surface area contributed by atoms with Gasteiger partial charge in [0.25, 0.3) is 0 Å². The van der Waals surface area contributed by atoms with Gasteiger partial charge in [0.1, 0.15) is 18.5 Å². The maximum absolute atomic E-state index is 13.4. The number of benzene rings is 2. The van der Waals surface area contributed by atoms with Crippen molar-refractivity contribution in [3.63, 3.8) is 0 Å². The van der Waals surface area contributed by atoms with E-state index < -0.39 is 6.10 Å². The normalized spacial score (nSPS) is 15.0. The molecule has 1 aliphatic heterocycles. The minimum Gasteiger partial charge on any atom is -0.493 e. The van der Waals surface area contributed by atoms with Crippen molar-refractivity contribution in [2.75, 3.05) is 56.7 Å². The molecule has 1 atom stereocenters. The SMILES string of the molecule is COc1cc(NC(C)=O)ccc1OCC(O)CN1CCN(c2cccc(F)c2)CC1.Cl. The van der Waals surface area contributed by atoms with E-state index in [4.69, 9.17) is 9.47 Å². The largest absolute Gasteiger partial charge is 0.493 e. The summed E-state index contributed by atoms with van der Waals surface area (Å²) >= 11 is 0. The van der Waals surface area contributed by atoms with Crippen LogP contribution in [-0.2, 0) is 4.79 Å². The summed E-state index contributed by atoms with van der Waals surface area (Å²) < 4.78 is 24.5. The number of piperazine rings is 1. The van der Waals surface area contributed by atoms with Crippen LogP contribution in [0.15, 0.2) is 42.5 Å². The van der Waals surface area contributed by atoms with E-state index >= 15 is 0 Å². The molecule has 1 aliphatic rings. The topological polar surface area (TPSA) is 74.3 Å². The lowest BCUT2D eigenvalue weighted by Gasteiger charge is -2.36. The molecular weight excluding hydrogens is 425 g/mol. The molecule has 1 amide bonds. The van der Waals surface area contributed by atoms with Gasteiger partial charge >= 0.3 is 0 Å². The maximum Gasteiger partial charge on any atom is 0.221 e. The molecule has 3 rings (SSSR count). The summed E-state index contributed by atoms with van der Waals surface area (Å²) in [6.07, 6.45) is -0.662. The number of nitrogens with zero attached hydrogens (tertiary/aromatic N) is 2. The summed E-state index contributed by atoms with van der Waals surface area (Å²) in [5, 5.41) is 13.1. The molecule has 2 N–H and O–H groups in total. The summed E-state index contributed by atoms with van der Waals surface area (Å²) in [5.74, 6) is 0.584. The minimum absolute atomic E-state index is 0. The van der Waals surface area contributed by atoms with Crippen LogP contribution in [0.2, 0.25) is 0 Å². The second kappa shape index (κ2) is 11.7. The van der Waals surface area contributed by atoms with Gasteiger partial charge in [-0.05, 0) is 30.3 Å². The van der Waals surface area contributed by atoms with Crippen LogP contribution in [0.25, 0.3) is 0 Å². The molecular formula is C22H29ClFN3O4. The first-order chi connectivity index (χ1) is 14.4. The van der Waals surface area contributed by atoms with Gasteiger partial charge in [-0.3, -0.25) is 9.69 Å². The van der Waals surface area contributed by atoms with Crippen molar-refractivity contribution in [1.82, 2.24) is 4.90 Å². The van der Waals surface area contributed by atoms with E-state index in [1.54, 1.807) is 30.3 Å². The number of methoxy groups -OCH3 is 1. The predicted octanol–water partition coefficient (Wildman–Crippen LogP) is 2.78. The number of aliphatic hydroxyl groups is 1. The van der Waals surface area contributed by atoms with Crippen LogP contribution in [-0.4, -0.2) is 68.5 Å². The van der Waals surface area contributed by atoms with E-state index in [1.165, 1.54) is 20.1 Å². The molecule has 0 aliphatic carbocycles. The van der Waals surface area contributed by atoms with E-state index in [-0.39, 0.29) is 30.7 Å². The molecule has 1 unspecified atom stereocenters. The average molecular weight is 454 g/mol. The molecule has 0 radical (unpaired) electrons. The van der Waals surface area contributed by atoms with Gasteiger partial charge in [0.05, 0.1) is 7.11 Å². The molecule has 1 saturated heterocycles. The molecule has 170 valence electrons. The minimum atomic E-state index is -0.662. The Hall–Kier alpha value is -2.55. The van der Waals surface area contributed by atoms with Gasteiger partial charge in [0, 0.05) is 57.1 Å². The van der Waals surface area contributed by atoms with Gasteiger partial charge < -0.3 is 24.8 Å². The average Bonchev–Trinajstić information content (AvgIpc) is 2.73. The Kier molecular flexibility index (Phi) is 9.36. The summed E-state index contributed by atoms with van der Waals surface area (Å²) in [6.45, 7) is 5.16. The van der Waals surface area contributed by atoms with Gasteiger partial charge in [-0.25, -0.2) is 4.39 Å². The fourth-order valence-electron chi connectivity index (χ4n) is 3.47. The number of hydrogen-bond acceptors (Lipinski definition) is 6. The van der Waals surface area contributed by atoms with Crippen molar-refractivity contribution in [3.05, 3.63) is 48.3 Å². The number of carbonyl (C=O) groups is 1. The fraction of sp³-hybridized carbons (Fsp3) is 0.409. The molecule has 31 heavy (non-hydrogen) atoms. The smallest absolute Gasteiger partial charge is 0.221 e. The number of hydrogen-bond donors (Lipinski definition) is 2. The van der Waals surface area contributed by atoms with E-state index in [0.29, 0.717) is 23.7 Å². The molecule has 9 heteroatoms. The number of rotatable bonds is 8. The second-order valence-electron chi connectivity index (χ2n) is 7.28. The number of aliphatic hydroxyl groups excluding tert-OH is 1. The van der Waals surface area contributed by atoms with Crippen LogP contribution in [0, 0.1) is 5.82 Å². The number of carbonyl (C=O) groups excluding carboxylic acids is 1. The van der Waals surface area contributed by atoms with E-state index in [1.807, 2.05) is 6.07 Å². The summed E-state index contributed by atoms with van der Waals surface area (Å²) in [7, 11) is 1.52. The number of nitrogens with one attached hydrogen (secondary N) is 1. The highest BCUT2D eigenvalue weighted by Gasteiger charge is 2.20. The predicted molar refractivity (Wildman–Crippen MR) is 121 cm³/mol. The lowest BCUT2D eigenvalue weighted by Crippen LogP contribution is -2.49. The van der Waals surface area contributed by atoms with Gasteiger partial charge in [-0.1, -0.05) is 6.07 Å². The van der Waals surface area contributed by atoms with Crippen molar-refractivity contribution in [2.45, 2.75) is 13.0 Å². The first kappa shape index (κ1) is 24.7. The molecule has 1 heterocycles. The lowest BCUT2D eigenvalue weighted by atomic mass is 10.2. The zero-order chi connectivity index (χ0) is 21.5. The summed E-state index contributed by atoms with van der Waals surface area (Å²) in [6, 6.07) is 11.7. The Bertz CT molecular complexity index is 862. The monoisotopic (exact) mass is 453 g/mol. The fourth-order valence-corrected chi connectivity index (χ4v) is 3.47. The Morgan fingerprint density at radius 1 is 1.16 bits per heavy atom. The number of amides is 1. The van der Waals surface area contributed by atoms with Crippen LogP contribution in [0.3, 0.4) is 0 Å². The van der Waals surface area contributed by atoms with Crippen LogP contribution >= 0.6 is 12.4 Å². The van der Waals surface area contributed by atoms with Crippen molar-refractivity contribution >= 4 is 29.7 Å². The van der Waals surface area contributed by atoms with Crippen molar-refractivity contribution in [1.29, 1.82) is 0 Å². The Morgan fingerprint density at radius 2 is 1.90 bits per heavy atom. The van der Waals surface area contributed by atoms with Gasteiger partial charge in [0.15, 0.2) is 11.5 Å². The molecule has 2 aromatic rings. The van der Waals surface area contributed by atoms with Crippen molar-refractivity contribution in [2.24, 2.45) is 0 Å². The second-order valence-corrected chi connectivity index (χ2v) is 7.28. The standard InChI is InChI=1S/C22H28FN3O4.ClH/c1-16(27)24-18-6-7-21(22(13-18)29-2)30-15-20(28)14-25-8-10-26(11-9-25)19-5-3-4-17(23)12-19;/h3-7,12-13,20,28H,8-11,14-15H2,1-2H3,(H,24,27);1H. The Labute approximate surface area is 188 Å².